The van der Waals surface area contributed by atoms with Gasteiger partial charge in [-0.2, -0.15) is 0 Å². The topological polar surface area (TPSA) is 21.3 Å². The van der Waals surface area contributed by atoms with Crippen molar-refractivity contribution in [2.24, 2.45) is 5.92 Å². The molecule has 0 aromatic heterocycles. The molecule has 19 heavy (non-hydrogen) atoms. The van der Waals surface area contributed by atoms with Crippen molar-refractivity contribution in [3.8, 4) is 5.75 Å². The molecule has 1 N–H and O–H groups in total. The Balaban J connectivity index is 2.91. The molecule has 0 aliphatic heterocycles. The molecule has 2 heteroatoms. The van der Waals surface area contributed by atoms with Crippen molar-refractivity contribution in [3.05, 3.63) is 29.3 Å². The molecule has 1 unspecified atom stereocenters. The van der Waals surface area contributed by atoms with Crippen LogP contribution in [0.4, 0.5) is 0 Å². The van der Waals surface area contributed by atoms with Crippen molar-refractivity contribution < 1.29 is 4.74 Å². The second-order valence-corrected chi connectivity index (χ2v) is 5.90. The van der Waals surface area contributed by atoms with Crippen LogP contribution < -0.4 is 10.1 Å². The molecule has 0 saturated carbocycles. The average Bonchev–Trinajstić information content (AvgIpc) is 2.33. The summed E-state index contributed by atoms with van der Waals surface area (Å²) >= 11 is 0. The van der Waals surface area contributed by atoms with Gasteiger partial charge in [-0.1, -0.05) is 46.8 Å². The molecule has 0 bridgehead atoms. The van der Waals surface area contributed by atoms with Crippen LogP contribution in [0.25, 0.3) is 0 Å². The van der Waals surface area contributed by atoms with Crippen LogP contribution >= 0.6 is 0 Å². The van der Waals surface area contributed by atoms with E-state index in [9.17, 15) is 0 Å². The minimum absolute atomic E-state index is 0.222. The van der Waals surface area contributed by atoms with Gasteiger partial charge in [0.05, 0.1) is 0 Å². The Kier molecular flexibility index (Phi) is 6.36. The molecule has 0 heterocycles. The lowest BCUT2D eigenvalue weighted by Crippen LogP contribution is -2.35. The highest BCUT2D eigenvalue weighted by Crippen LogP contribution is 2.29. The van der Waals surface area contributed by atoms with E-state index >= 15 is 0 Å². The molecule has 0 aliphatic rings. The van der Waals surface area contributed by atoms with Gasteiger partial charge >= 0.3 is 0 Å². The Hall–Kier alpha value is -1.02. The molecule has 108 valence electrons. The van der Waals surface area contributed by atoms with E-state index < -0.39 is 0 Å². The second kappa shape index (κ2) is 7.54. The number of hydrogen-bond donors (Lipinski definition) is 1. The molecule has 0 fully saturated rings. The van der Waals surface area contributed by atoms with Crippen LogP contribution in [0.1, 0.15) is 51.7 Å². The number of hydrogen-bond acceptors (Lipinski definition) is 2. The highest BCUT2D eigenvalue weighted by Gasteiger charge is 2.17. The van der Waals surface area contributed by atoms with Gasteiger partial charge in [-0.3, -0.25) is 0 Å². The van der Waals surface area contributed by atoms with Crippen molar-refractivity contribution in [3.63, 3.8) is 0 Å². The predicted octanol–water partition coefficient (Wildman–Crippen LogP) is 4.13. The first kappa shape index (κ1) is 16.0. The molecule has 0 aliphatic carbocycles. The van der Waals surface area contributed by atoms with Crippen LogP contribution in [0.3, 0.4) is 0 Å². The molecule has 1 aromatic rings. The molecule has 2 nitrogen and oxygen atoms in total. The van der Waals surface area contributed by atoms with Crippen LogP contribution in [0, 0.1) is 12.8 Å². The Morgan fingerprint density at radius 1 is 1.16 bits per heavy atom. The van der Waals surface area contributed by atoms with Crippen molar-refractivity contribution in [1.82, 2.24) is 5.32 Å². The molecule has 1 rings (SSSR count). The average molecular weight is 263 g/mol. The Labute approximate surface area is 118 Å². The summed E-state index contributed by atoms with van der Waals surface area (Å²) in [6, 6.07) is 6.52. The molecule has 0 spiro atoms. The zero-order chi connectivity index (χ0) is 14.4. The van der Waals surface area contributed by atoms with Crippen molar-refractivity contribution in [1.29, 1.82) is 0 Å². The summed E-state index contributed by atoms with van der Waals surface area (Å²) in [6.45, 7) is 15.0. The van der Waals surface area contributed by atoms with Gasteiger partial charge < -0.3 is 10.1 Å². The lowest BCUT2D eigenvalue weighted by molar-refractivity contribution is 0.148. The second-order valence-electron chi connectivity index (χ2n) is 5.90. The molecule has 0 saturated heterocycles. The van der Waals surface area contributed by atoms with Crippen LogP contribution in [-0.2, 0) is 0 Å². The predicted molar refractivity (Wildman–Crippen MR) is 83.1 cm³/mol. The molecular weight excluding hydrogens is 234 g/mol. The van der Waals surface area contributed by atoms with Crippen LogP contribution in [0.2, 0.25) is 0 Å². The van der Waals surface area contributed by atoms with Crippen molar-refractivity contribution in [2.45, 2.75) is 53.6 Å². The van der Waals surface area contributed by atoms with Gasteiger partial charge in [-0.15, -0.1) is 0 Å². The smallest absolute Gasteiger partial charge is 0.123 e. The Morgan fingerprint density at radius 3 is 2.37 bits per heavy atom. The van der Waals surface area contributed by atoms with E-state index in [-0.39, 0.29) is 6.10 Å². The normalized spacial score (nSPS) is 13.1. The lowest BCUT2D eigenvalue weighted by atomic mass is 10.00. The van der Waals surface area contributed by atoms with E-state index in [1.54, 1.807) is 0 Å². The third-order valence-electron chi connectivity index (χ3n) is 3.41. The summed E-state index contributed by atoms with van der Waals surface area (Å²) in [7, 11) is 0. The zero-order valence-corrected chi connectivity index (χ0v) is 13.3. The van der Waals surface area contributed by atoms with Gasteiger partial charge in [-0.25, -0.2) is 0 Å². The minimum Gasteiger partial charge on any atom is -0.489 e. The van der Waals surface area contributed by atoms with Gasteiger partial charge in [-0.05, 0) is 42.5 Å². The van der Waals surface area contributed by atoms with E-state index in [1.807, 2.05) is 0 Å². The van der Waals surface area contributed by atoms with E-state index in [0.29, 0.717) is 11.8 Å². The standard InChI is InChI=1S/C17H29NO/c1-7-18-11-17(13(4)5)19-16-10-14(6)8-9-15(16)12(2)3/h8-10,12-13,17-18H,7,11H2,1-6H3. The quantitative estimate of drug-likeness (QED) is 0.798. The highest BCUT2D eigenvalue weighted by molar-refractivity contribution is 5.39. The monoisotopic (exact) mass is 263 g/mol. The summed E-state index contributed by atoms with van der Waals surface area (Å²) in [5, 5.41) is 3.39. The molecule has 0 radical (unpaired) electrons. The summed E-state index contributed by atoms with van der Waals surface area (Å²) in [6.07, 6.45) is 0.222. The number of benzene rings is 1. The maximum absolute atomic E-state index is 6.29. The van der Waals surface area contributed by atoms with Crippen LogP contribution in [-0.4, -0.2) is 19.2 Å². The molecule has 0 amide bonds. The van der Waals surface area contributed by atoms with Gasteiger partial charge in [0, 0.05) is 6.54 Å². The third kappa shape index (κ3) is 4.87. The summed E-state index contributed by atoms with van der Waals surface area (Å²) in [4.78, 5) is 0. The lowest BCUT2D eigenvalue weighted by Gasteiger charge is -2.25. The van der Waals surface area contributed by atoms with E-state index in [4.69, 9.17) is 4.74 Å². The first-order chi connectivity index (χ1) is 8.95. The third-order valence-corrected chi connectivity index (χ3v) is 3.41. The van der Waals surface area contributed by atoms with E-state index in [2.05, 4.69) is 65.1 Å². The summed E-state index contributed by atoms with van der Waals surface area (Å²) < 4.78 is 6.29. The number of aryl methyl sites for hydroxylation is 1. The van der Waals surface area contributed by atoms with Gasteiger partial charge in [0.15, 0.2) is 0 Å². The first-order valence-corrected chi connectivity index (χ1v) is 7.43. The van der Waals surface area contributed by atoms with Crippen molar-refractivity contribution >= 4 is 0 Å². The number of ether oxygens (including phenoxy) is 1. The molecule has 1 aromatic carbocycles. The largest absolute Gasteiger partial charge is 0.489 e. The number of nitrogens with one attached hydrogen (secondary N) is 1. The number of rotatable bonds is 7. The fraction of sp³-hybridized carbons (Fsp3) is 0.647. The zero-order valence-electron chi connectivity index (χ0n) is 13.3. The maximum Gasteiger partial charge on any atom is 0.123 e. The Bertz CT molecular complexity index is 385. The maximum atomic E-state index is 6.29. The van der Waals surface area contributed by atoms with Gasteiger partial charge in [0.1, 0.15) is 11.9 Å². The van der Waals surface area contributed by atoms with Crippen molar-refractivity contribution in [2.75, 3.05) is 13.1 Å². The van der Waals surface area contributed by atoms with E-state index in [1.165, 1.54) is 11.1 Å². The van der Waals surface area contributed by atoms with Gasteiger partial charge in [0.2, 0.25) is 0 Å². The summed E-state index contributed by atoms with van der Waals surface area (Å²) in [5.41, 5.74) is 2.55. The molecular formula is C17H29NO. The Morgan fingerprint density at radius 2 is 1.84 bits per heavy atom. The number of likely N-dealkylation sites (N-methyl/N-ethyl adjacent to an activating group) is 1. The SMILES string of the molecule is CCNCC(Oc1cc(C)ccc1C(C)C)C(C)C. The highest BCUT2D eigenvalue weighted by atomic mass is 16.5. The summed E-state index contributed by atoms with van der Waals surface area (Å²) in [5.74, 6) is 2.04. The van der Waals surface area contributed by atoms with Crippen LogP contribution in [0.15, 0.2) is 18.2 Å². The van der Waals surface area contributed by atoms with E-state index in [0.717, 1.165) is 18.8 Å². The fourth-order valence-corrected chi connectivity index (χ4v) is 2.08. The first-order valence-electron chi connectivity index (χ1n) is 7.43. The fourth-order valence-electron chi connectivity index (χ4n) is 2.08. The van der Waals surface area contributed by atoms with Gasteiger partial charge in [0.25, 0.3) is 0 Å². The minimum atomic E-state index is 0.222. The van der Waals surface area contributed by atoms with Crippen LogP contribution in [0.5, 0.6) is 5.75 Å². The molecule has 1 atom stereocenters.